The first-order valence-corrected chi connectivity index (χ1v) is 10.9. The quantitative estimate of drug-likeness (QED) is 0.699. The second kappa shape index (κ2) is 8.76. The van der Waals surface area contributed by atoms with Gasteiger partial charge < -0.3 is 4.90 Å². The van der Waals surface area contributed by atoms with Gasteiger partial charge in [-0.05, 0) is 36.6 Å². The third kappa shape index (κ3) is 5.23. The number of benzene rings is 2. The zero-order valence-electron chi connectivity index (χ0n) is 16.0. The number of anilines is 1. The predicted molar refractivity (Wildman–Crippen MR) is 111 cm³/mol. The van der Waals surface area contributed by atoms with Crippen LogP contribution < -0.4 is 4.31 Å². The molecule has 0 aliphatic carbocycles. The Morgan fingerprint density at radius 3 is 2.30 bits per heavy atom. The van der Waals surface area contributed by atoms with Gasteiger partial charge in [-0.15, -0.1) is 0 Å². The number of sulfonamides is 1. The lowest BCUT2D eigenvalue weighted by Gasteiger charge is -2.33. The fourth-order valence-corrected chi connectivity index (χ4v) is 4.32. The fraction of sp³-hybridized carbons (Fsp3) is 0.350. The summed E-state index contributed by atoms with van der Waals surface area (Å²) in [6.45, 7) is 4.04. The molecule has 0 unspecified atom stereocenters. The van der Waals surface area contributed by atoms with Crippen molar-refractivity contribution in [3.63, 3.8) is 0 Å². The zero-order valence-corrected chi connectivity index (χ0v) is 17.6. The van der Waals surface area contributed by atoms with Crippen molar-refractivity contribution in [2.75, 3.05) is 17.6 Å². The molecule has 5 nitrogen and oxygen atoms in total. The Bertz CT molecular complexity index is 901. The molecule has 0 aromatic heterocycles. The van der Waals surface area contributed by atoms with E-state index in [0.29, 0.717) is 23.7 Å². The number of amides is 1. The largest absolute Gasteiger partial charge is 0.340 e. The lowest BCUT2D eigenvalue weighted by Crippen LogP contribution is -2.49. The molecular weight excluding hydrogens is 384 g/mol. The van der Waals surface area contributed by atoms with E-state index in [1.54, 1.807) is 37.1 Å². The summed E-state index contributed by atoms with van der Waals surface area (Å²) in [4.78, 5) is 14.6. The Kier molecular flexibility index (Phi) is 6.89. The van der Waals surface area contributed by atoms with Gasteiger partial charge in [0, 0.05) is 18.6 Å². The summed E-state index contributed by atoms with van der Waals surface area (Å²) in [5.41, 5.74) is 2.21. The first kappa shape index (κ1) is 21.3. The van der Waals surface area contributed by atoms with Gasteiger partial charge >= 0.3 is 0 Å². The van der Waals surface area contributed by atoms with Crippen molar-refractivity contribution in [1.29, 1.82) is 0 Å². The lowest BCUT2D eigenvalue weighted by molar-refractivity contribution is -0.131. The first-order valence-electron chi connectivity index (χ1n) is 8.69. The molecule has 2 rings (SSSR count). The standard InChI is InChI=1S/C20H25ClN2O3S/c1-5-19(20(24)22(3)14-16-9-7-6-8-10-16)23(27(4,25)26)17-12-11-15(2)18(21)13-17/h6-13,19H,5,14H2,1-4H3/t19-/m1/s1. The molecule has 2 aromatic rings. The highest BCUT2D eigenvalue weighted by molar-refractivity contribution is 7.92. The van der Waals surface area contributed by atoms with Crippen LogP contribution in [0.5, 0.6) is 0 Å². The molecule has 1 atom stereocenters. The minimum absolute atomic E-state index is 0.261. The minimum atomic E-state index is -3.68. The average molecular weight is 409 g/mol. The van der Waals surface area contributed by atoms with Crippen LogP contribution in [0.4, 0.5) is 5.69 Å². The van der Waals surface area contributed by atoms with Crippen molar-refractivity contribution in [1.82, 2.24) is 4.90 Å². The Balaban J connectivity index is 2.36. The van der Waals surface area contributed by atoms with E-state index >= 15 is 0 Å². The molecule has 1 amide bonds. The Morgan fingerprint density at radius 1 is 1.15 bits per heavy atom. The second-order valence-electron chi connectivity index (χ2n) is 6.60. The average Bonchev–Trinajstić information content (AvgIpc) is 2.61. The third-order valence-electron chi connectivity index (χ3n) is 4.36. The van der Waals surface area contributed by atoms with Crippen LogP contribution in [0.3, 0.4) is 0 Å². The first-order chi connectivity index (χ1) is 12.6. The molecule has 0 N–H and O–H groups in total. The van der Waals surface area contributed by atoms with Gasteiger partial charge in [-0.1, -0.05) is 54.9 Å². The van der Waals surface area contributed by atoms with E-state index in [9.17, 15) is 13.2 Å². The van der Waals surface area contributed by atoms with E-state index in [1.165, 1.54) is 4.31 Å². The van der Waals surface area contributed by atoms with Crippen LogP contribution in [-0.4, -0.2) is 38.6 Å². The van der Waals surface area contributed by atoms with Crippen molar-refractivity contribution >= 4 is 33.2 Å². The van der Waals surface area contributed by atoms with E-state index in [4.69, 9.17) is 11.6 Å². The number of hydrogen-bond donors (Lipinski definition) is 0. The van der Waals surface area contributed by atoms with Crippen LogP contribution in [0, 0.1) is 6.92 Å². The molecule has 0 aliphatic heterocycles. The van der Waals surface area contributed by atoms with Crippen LogP contribution in [-0.2, 0) is 21.4 Å². The summed E-state index contributed by atoms with van der Waals surface area (Å²) in [6, 6.07) is 13.8. The Labute approximate surface area is 166 Å². The highest BCUT2D eigenvalue weighted by atomic mass is 35.5. The van der Waals surface area contributed by atoms with Crippen molar-refractivity contribution in [3.8, 4) is 0 Å². The van der Waals surface area contributed by atoms with Gasteiger partial charge in [0.25, 0.3) is 0 Å². The van der Waals surface area contributed by atoms with Crippen molar-refractivity contribution in [2.45, 2.75) is 32.9 Å². The van der Waals surface area contributed by atoms with E-state index in [-0.39, 0.29) is 5.91 Å². The molecule has 0 heterocycles. The summed E-state index contributed by atoms with van der Waals surface area (Å²) < 4.78 is 26.2. The van der Waals surface area contributed by atoms with Gasteiger partial charge in [-0.2, -0.15) is 0 Å². The van der Waals surface area contributed by atoms with Crippen LogP contribution in [0.25, 0.3) is 0 Å². The minimum Gasteiger partial charge on any atom is -0.340 e. The SMILES string of the molecule is CC[C@H](C(=O)N(C)Cc1ccccc1)N(c1ccc(C)c(Cl)c1)S(C)(=O)=O. The van der Waals surface area contributed by atoms with Crippen LogP contribution in [0.2, 0.25) is 5.02 Å². The molecule has 7 heteroatoms. The maximum absolute atomic E-state index is 13.1. The van der Waals surface area contributed by atoms with E-state index < -0.39 is 16.1 Å². The summed E-state index contributed by atoms with van der Waals surface area (Å²) in [5.74, 6) is -0.261. The Hall–Kier alpha value is -2.05. The summed E-state index contributed by atoms with van der Waals surface area (Å²) in [5, 5.41) is 0.459. The summed E-state index contributed by atoms with van der Waals surface area (Å²) in [7, 11) is -2.00. The molecule has 0 fully saturated rings. The Morgan fingerprint density at radius 2 is 1.78 bits per heavy atom. The summed E-state index contributed by atoms with van der Waals surface area (Å²) >= 11 is 6.19. The van der Waals surface area contributed by atoms with E-state index in [2.05, 4.69) is 0 Å². The topological polar surface area (TPSA) is 57.7 Å². The molecule has 27 heavy (non-hydrogen) atoms. The van der Waals surface area contributed by atoms with Crippen LogP contribution in [0.1, 0.15) is 24.5 Å². The molecule has 0 radical (unpaired) electrons. The highest BCUT2D eigenvalue weighted by Gasteiger charge is 2.33. The third-order valence-corrected chi connectivity index (χ3v) is 5.95. The number of nitrogens with zero attached hydrogens (tertiary/aromatic N) is 2. The number of carbonyl (C=O) groups is 1. The maximum Gasteiger partial charge on any atom is 0.246 e. The van der Waals surface area contributed by atoms with E-state index in [0.717, 1.165) is 17.4 Å². The molecule has 0 spiro atoms. The van der Waals surface area contributed by atoms with Gasteiger partial charge in [-0.3, -0.25) is 9.10 Å². The molecule has 0 saturated carbocycles. The molecule has 146 valence electrons. The number of carbonyl (C=O) groups excluding carboxylic acids is 1. The number of likely N-dealkylation sites (N-methyl/N-ethyl adjacent to an activating group) is 1. The molecule has 2 aromatic carbocycles. The molecular formula is C20H25ClN2O3S. The molecule has 0 bridgehead atoms. The van der Waals surface area contributed by atoms with Crippen LogP contribution in [0.15, 0.2) is 48.5 Å². The second-order valence-corrected chi connectivity index (χ2v) is 8.86. The predicted octanol–water partition coefficient (Wildman–Crippen LogP) is 3.85. The lowest BCUT2D eigenvalue weighted by atomic mass is 10.1. The van der Waals surface area contributed by atoms with Gasteiger partial charge in [0.15, 0.2) is 0 Å². The molecule has 0 saturated heterocycles. The number of hydrogen-bond acceptors (Lipinski definition) is 3. The zero-order chi connectivity index (χ0) is 20.2. The fourth-order valence-electron chi connectivity index (χ4n) is 2.95. The van der Waals surface area contributed by atoms with Crippen molar-refractivity contribution in [3.05, 3.63) is 64.7 Å². The maximum atomic E-state index is 13.1. The van der Waals surface area contributed by atoms with Crippen LogP contribution >= 0.6 is 11.6 Å². The number of halogens is 1. The summed E-state index contributed by atoms with van der Waals surface area (Å²) in [6.07, 6.45) is 1.45. The number of aryl methyl sites for hydroxylation is 1. The van der Waals surface area contributed by atoms with Crippen molar-refractivity contribution < 1.29 is 13.2 Å². The normalized spacial score (nSPS) is 12.5. The smallest absolute Gasteiger partial charge is 0.246 e. The van der Waals surface area contributed by atoms with E-state index in [1.807, 2.05) is 37.3 Å². The molecule has 0 aliphatic rings. The number of rotatable bonds is 7. The van der Waals surface area contributed by atoms with Gasteiger partial charge in [-0.25, -0.2) is 8.42 Å². The van der Waals surface area contributed by atoms with Gasteiger partial charge in [0.1, 0.15) is 6.04 Å². The monoisotopic (exact) mass is 408 g/mol. The van der Waals surface area contributed by atoms with Gasteiger partial charge in [0.05, 0.1) is 11.9 Å². The highest BCUT2D eigenvalue weighted by Crippen LogP contribution is 2.28. The van der Waals surface area contributed by atoms with Crippen molar-refractivity contribution in [2.24, 2.45) is 0 Å². The van der Waals surface area contributed by atoms with Gasteiger partial charge in [0.2, 0.25) is 15.9 Å².